The maximum absolute atomic E-state index is 12.9. The van der Waals surface area contributed by atoms with E-state index < -0.39 is 18.3 Å². The monoisotopic (exact) mass is 443 g/mol. The normalized spacial score (nSPS) is 13.2. The summed E-state index contributed by atoms with van der Waals surface area (Å²) >= 11 is 0. The summed E-state index contributed by atoms with van der Waals surface area (Å²) in [6.45, 7) is 4.41. The highest BCUT2D eigenvalue weighted by atomic mass is 19.4. The number of halogens is 3. The molecule has 3 aromatic rings. The minimum atomic E-state index is -4.41. The quantitative estimate of drug-likeness (QED) is 0.592. The molecule has 0 unspecified atom stereocenters. The van der Waals surface area contributed by atoms with E-state index in [0.717, 1.165) is 22.7 Å². The van der Waals surface area contributed by atoms with Crippen molar-refractivity contribution in [3.8, 4) is 17.3 Å². The van der Waals surface area contributed by atoms with Gasteiger partial charge in [-0.1, -0.05) is 12.1 Å². The molecule has 0 bridgehead atoms. The second-order valence-corrected chi connectivity index (χ2v) is 7.18. The molecule has 2 atom stereocenters. The molecule has 1 amide bonds. The van der Waals surface area contributed by atoms with Crippen molar-refractivity contribution in [3.05, 3.63) is 54.0 Å². The van der Waals surface area contributed by atoms with Crippen molar-refractivity contribution in [3.63, 3.8) is 0 Å². The predicted molar refractivity (Wildman–Crippen MR) is 111 cm³/mol. The molecule has 0 fully saturated rings. The van der Waals surface area contributed by atoms with E-state index >= 15 is 0 Å². The molecule has 0 aliphatic rings. The number of benzene rings is 1. The third-order valence-electron chi connectivity index (χ3n) is 4.66. The standard InChI is InChI=1S/C21H20F3N7O/c1-12-9-26-20(29-17-10-27-31(11-17)14(3)21(22,23)24)30-18(12)15-4-6-16(7-5-15)19(32)28-13(2)8-25/h4-7,9-11,13-14H,1-3H3,(H,28,32)(H,26,29,30)/t13-,14-/m0/s1. The summed E-state index contributed by atoms with van der Waals surface area (Å²) in [6, 6.07) is 6.23. The van der Waals surface area contributed by atoms with Crippen molar-refractivity contribution >= 4 is 17.5 Å². The topological polar surface area (TPSA) is 109 Å². The maximum atomic E-state index is 12.9. The number of aryl methyl sites for hydroxylation is 1. The van der Waals surface area contributed by atoms with Crippen molar-refractivity contribution in [2.75, 3.05) is 5.32 Å². The Labute approximate surface area is 182 Å². The summed E-state index contributed by atoms with van der Waals surface area (Å²) in [5.41, 5.74) is 2.80. The number of hydrogen-bond acceptors (Lipinski definition) is 6. The molecule has 1 aromatic carbocycles. The number of nitrogens with one attached hydrogen (secondary N) is 2. The van der Waals surface area contributed by atoms with Crippen LogP contribution in [0.25, 0.3) is 11.3 Å². The zero-order valence-electron chi connectivity index (χ0n) is 17.5. The van der Waals surface area contributed by atoms with Gasteiger partial charge in [-0.05, 0) is 38.5 Å². The average molecular weight is 443 g/mol. The molecular formula is C21H20F3N7O. The van der Waals surface area contributed by atoms with Crippen LogP contribution in [0, 0.1) is 18.3 Å². The largest absolute Gasteiger partial charge is 0.410 e. The fourth-order valence-corrected chi connectivity index (χ4v) is 2.78. The first-order valence-corrected chi connectivity index (χ1v) is 9.61. The van der Waals surface area contributed by atoms with E-state index in [1.54, 1.807) is 37.4 Å². The SMILES string of the molecule is Cc1cnc(Nc2cnn([C@@H](C)C(F)(F)F)c2)nc1-c1ccc(C(=O)N[C@@H](C)C#N)cc1. The molecular weight excluding hydrogens is 423 g/mol. The summed E-state index contributed by atoms with van der Waals surface area (Å²) in [5, 5.41) is 18.0. The molecule has 2 aromatic heterocycles. The van der Waals surface area contributed by atoms with Crippen molar-refractivity contribution < 1.29 is 18.0 Å². The van der Waals surface area contributed by atoms with E-state index in [0.29, 0.717) is 16.9 Å². The number of carbonyl (C=O) groups is 1. The van der Waals surface area contributed by atoms with Crippen LogP contribution in [-0.4, -0.2) is 37.9 Å². The highest BCUT2D eigenvalue weighted by Gasteiger charge is 2.37. The van der Waals surface area contributed by atoms with Crippen LogP contribution in [0.5, 0.6) is 0 Å². The van der Waals surface area contributed by atoms with Crippen LogP contribution in [0.15, 0.2) is 42.9 Å². The summed E-state index contributed by atoms with van der Waals surface area (Å²) in [4.78, 5) is 20.7. The van der Waals surface area contributed by atoms with Crippen molar-refractivity contribution in [1.82, 2.24) is 25.1 Å². The van der Waals surface area contributed by atoms with Gasteiger partial charge in [0.1, 0.15) is 12.1 Å². The summed E-state index contributed by atoms with van der Waals surface area (Å²) in [5.74, 6) is -0.174. The maximum Gasteiger partial charge on any atom is 0.410 e. The number of nitrogens with zero attached hydrogens (tertiary/aromatic N) is 5. The van der Waals surface area contributed by atoms with Gasteiger partial charge < -0.3 is 10.6 Å². The van der Waals surface area contributed by atoms with Gasteiger partial charge in [0.15, 0.2) is 0 Å². The molecule has 2 heterocycles. The minimum absolute atomic E-state index is 0.189. The Morgan fingerprint density at radius 2 is 1.88 bits per heavy atom. The van der Waals surface area contributed by atoms with E-state index in [9.17, 15) is 18.0 Å². The van der Waals surface area contributed by atoms with Gasteiger partial charge in [0.2, 0.25) is 5.95 Å². The molecule has 0 saturated heterocycles. The number of carbonyl (C=O) groups excluding carboxylic acids is 1. The lowest BCUT2D eigenvalue weighted by Crippen LogP contribution is -2.31. The van der Waals surface area contributed by atoms with Crippen LogP contribution in [-0.2, 0) is 0 Å². The van der Waals surface area contributed by atoms with Gasteiger partial charge in [-0.15, -0.1) is 0 Å². The average Bonchev–Trinajstić information content (AvgIpc) is 3.22. The number of nitriles is 1. The second kappa shape index (κ2) is 9.05. The number of aromatic nitrogens is 4. The third-order valence-corrected chi connectivity index (χ3v) is 4.66. The third kappa shape index (κ3) is 5.21. The van der Waals surface area contributed by atoms with Crippen LogP contribution >= 0.6 is 0 Å². The zero-order valence-corrected chi connectivity index (χ0v) is 17.5. The molecule has 2 N–H and O–H groups in total. The van der Waals surface area contributed by atoms with Gasteiger partial charge >= 0.3 is 6.18 Å². The molecule has 166 valence electrons. The van der Waals surface area contributed by atoms with E-state index in [-0.39, 0.29) is 11.9 Å². The first-order chi connectivity index (χ1) is 15.1. The van der Waals surface area contributed by atoms with E-state index in [2.05, 4.69) is 25.7 Å². The smallest absolute Gasteiger partial charge is 0.337 e. The van der Waals surface area contributed by atoms with Crippen LogP contribution in [0.3, 0.4) is 0 Å². The second-order valence-electron chi connectivity index (χ2n) is 7.18. The zero-order chi connectivity index (χ0) is 23.5. The molecule has 0 radical (unpaired) electrons. The number of amides is 1. The van der Waals surface area contributed by atoms with Crippen molar-refractivity contribution in [2.24, 2.45) is 0 Å². The Morgan fingerprint density at radius 1 is 1.19 bits per heavy atom. The van der Waals surface area contributed by atoms with Gasteiger partial charge in [-0.2, -0.15) is 23.5 Å². The van der Waals surface area contributed by atoms with Gasteiger partial charge in [-0.25, -0.2) is 9.97 Å². The number of hydrogen-bond donors (Lipinski definition) is 2. The lowest BCUT2D eigenvalue weighted by molar-refractivity contribution is -0.165. The first kappa shape index (κ1) is 22.7. The van der Waals surface area contributed by atoms with Gasteiger partial charge in [0.25, 0.3) is 5.91 Å². The first-order valence-electron chi connectivity index (χ1n) is 9.61. The van der Waals surface area contributed by atoms with Crippen molar-refractivity contribution in [1.29, 1.82) is 5.26 Å². The fraction of sp³-hybridized carbons (Fsp3) is 0.286. The minimum Gasteiger partial charge on any atom is -0.337 e. The van der Waals surface area contributed by atoms with Crippen LogP contribution in [0.2, 0.25) is 0 Å². The molecule has 0 saturated carbocycles. The predicted octanol–water partition coefficient (Wildman–Crippen LogP) is 4.16. The number of alkyl halides is 3. The Bertz CT molecular complexity index is 1150. The summed E-state index contributed by atoms with van der Waals surface area (Å²) in [7, 11) is 0. The number of anilines is 2. The Kier molecular flexibility index (Phi) is 6.43. The molecule has 0 aliphatic carbocycles. The fourth-order valence-electron chi connectivity index (χ4n) is 2.78. The summed E-state index contributed by atoms with van der Waals surface area (Å²) < 4.78 is 39.4. The van der Waals surface area contributed by atoms with Gasteiger partial charge in [0.05, 0.1) is 23.6 Å². The van der Waals surface area contributed by atoms with E-state index in [1.165, 1.54) is 12.4 Å². The molecule has 0 aliphatic heterocycles. The van der Waals surface area contributed by atoms with Crippen LogP contribution < -0.4 is 10.6 Å². The molecule has 11 heteroatoms. The summed E-state index contributed by atoms with van der Waals surface area (Å²) in [6.07, 6.45) is -0.327. The molecule has 8 nitrogen and oxygen atoms in total. The number of rotatable bonds is 6. The van der Waals surface area contributed by atoms with E-state index in [1.807, 2.05) is 13.0 Å². The van der Waals surface area contributed by atoms with Crippen molar-refractivity contribution in [2.45, 2.75) is 39.0 Å². The lowest BCUT2D eigenvalue weighted by Gasteiger charge is -2.15. The van der Waals surface area contributed by atoms with E-state index in [4.69, 9.17) is 5.26 Å². The Morgan fingerprint density at radius 3 is 2.50 bits per heavy atom. The highest BCUT2D eigenvalue weighted by molar-refractivity contribution is 5.95. The van der Waals surface area contributed by atoms with Gasteiger partial charge in [0, 0.05) is 23.5 Å². The molecule has 3 rings (SSSR count). The van der Waals surface area contributed by atoms with Gasteiger partial charge in [-0.3, -0.25) is 9.48 Å². The van der Waals surface area contributed by atoms with Crippen LogP contribution in [0.4, 0.5) is 24.8 Å². The Balaban J connectivity index is 1.79. The Hall–Kier alpha value is -3.94. The highest BCUT2D eigenvalue weighted by Crippen LogP contribution is 2.30. The van der Waals surface area contributed by atoms with Crippen LogP contribution in [0.1, 0.15) is 35.8 Å². The molecule has 0 spiro atoms. The molecule has 32 heavy (non-hydrogen) atoms. The lowest BCUT2D eigenvalue weighted by atomic mass is 10.1.